The first-order valence-electron chi connectivity index (χ1n) is 4.99. The van der Waals surface area contributed by atoms with Crippen LogP contribution in [0.4, 0.5) is 5.82 Å². The van der Waals surface area contributed by atoms with Crippen molar-refractivity contribution in [2.45, 2.75) is 25.8 Å². The standard InChI is InChI=1S/C10H15N5OS/c1-10(2,5-6(11)16)15-9-7(8(12)17)13-3-4-14-9/h3-4H,5H2,1-2H3,(H2,11,16)(H2,12,17)(H,14,15). The number of rotatable bonds is 5. The van der Waals surface area contributed by atoms with Crippen LogP contribution in [0.5, 0.6) is 0 Å². The fraction of sp³-hybridized carbons (Fsp3) is 0.400. The minimum absolute atomic E-state index is 0.149. The Morgan fingerprint density at radius 2 is 2.00 bits per heavy atom. The molecule has 1 aromatic heterocycles. The Bertz CT molecular complexity index is 446. The van der Waals surface area contributed by atoms with Crippen molar-refractivity contribution in [2.75, 3.05) is 5.32 Å². The Labute approximate surface area is 105 Å². The van der Waals surface area contributed by atoms with Gasteiger partial charge in [0.15, 0.2) is 5.82 Å². The first kappa shape index (κ1) is 13.3. The first-order valence-corrected chi connectivity index (χ1v) is 5.40. The number of primary amides is 1. The normalized spacial score (nSPS) is 10.9. The topological polar surface area (TPSA) is 107 Å². The summed E-state index contributed by atoms with van der Waals surface area (Å²) in [5, 5.41) is 3.06. The molecule has 17 heavy (non-hydrogen) atoms. The molecule has 0 aromatic carbocycles. The number of aromatic nitrogens is 2. The number of amides is 1. The summed E-state index contributed by atoms with van der Waals surface area (Å²) in [7, 11) is 0. The van der Waals surface area contributed by atoms with Gasteiger partial charge >= 0.3 is 0 Å². The Morgan fingerprint density at radius 3 is 2.53 bits per heavy atom. The Hall–Kier alpha value is -1.76. The number of nitrogens with one attached hydrogen (secondary N) is 1. The van der Waals surface area contributed by atoms with Crippen LogP contribution >= 0.6 is 12.2 Å². The number of carbonyl (C=O) groups excluding carboxylic acids is 1. The van der Waals surface area contributed by atoms with Crippen LogP contribution in [0.1, 0.15) is 26.0 Å². The molecule has 0 saturated heterocycles. The van der Waals surface area contributed by atoms with Crippen molar-refractivity contribution in [3.8, 4) is 0 Å². The molecule has 0 atom stereocenters. The van der Waals surface area contributed by atoms with Crippen LogP contribution in [0.25, 0.3) is 0 Å². The third kappa shape index (κ3) is 3.95. The van der Waals surface area contributed by atoms with Crippen molar-refractivity contribution in [3.63, 3.8) is 0 Å². The second kappa shape index (κ2) is 5.05. The number of carbonyl (C=O) groups is 1. The number of hydrogen-bond acceptors (Lipinski definition) is 5. The lowest BCUT2D eigenvalue weighted by atomic mass is 10.0. The van der Waals surface area contributed by atoms with E-state index in [0.717, 1.165) is 0 Å². The molecule has 0 aliphatic carbocycles. The van der Waals surface area contributed by atoms with Crippen LogP contribution in [0, 0.1) is 0 Å². The van der Waals surface area contributed by atoms with E-state index in [1.807, 2.05) is 13.8 Å². The van der Waals surface area contributed by atoms with E-state index in [1.54, 1.807) is 0 Å². The van der Waals surface area contributed by atoms with Gasteiger partial charge in [-0.3, -0.25) is 4.79 Å². The summed E-state index contributed by atoms with van der Waals surface area (Å²) < 4.78 is 0. The van der Waals surface area contributed by atoms with Gasteiger partial charge in [-0.15, -0.1) is 0 Å². The van der Waals surface area contributed by atoms with E-state index in [-0.39, 0.29) is 11.4 Å². The molecule has 0 fully saturated rings. The zero-order chi connectivity index (χ0) is 13.1. The van der Waals surface area contributed by atoms with Crippen LogP contribution in [0.3, 0.4) is 0 Å². The van der Waals surface area contributed by atoms with Gasteiger partial charge < -0.3 is 16.8 Å². The fourth-order valence-electron chi connectivity index (χ4n) is 1.41. The molecule has 0 unspecified atom stereocenters. The number of hydrogen-bond donors (Lipinski definition) is 3. The zero-order valence-corrected chi connectivity index (χ0v) is 10.5. The average molecular weight is 253 g/mol. The summed E-state index contributed by atoms with van der Waals surface area (Å²) >= 11 is 4.87. The molecule has 0 bridgehead atoms. The maximum absolute atomic E-state index is 10.9. The summed E-state index contributed by atoms with van der Waals surface area (Å²) in [4.78, 5) is 19.2. The molecular weight excluding hydrogens is 238 g/mol. The average Bonchev–Trinajstić information content (AvgIpc) is 2.14. The number of anilines is 1. The second-order valence-corrected chi connectivity index (χ2v) is 4.71. The van der Waals surface area contributed by atoms with Crippen LogP contribution in [-0.2, 0) is 4.79 Å². The molecule has 0 spiro atoms. The quantitative estimate of drug-likeness (QED) is 0.646. The van der Waals surface area contributed by atoms with Crippen molar-refractivity contribution in [1.82, 2.24) is 9.97 Å². The minimum atomic E-state index is -0.540. The minimum Gasteiger partial charge on any atom is -0.388 e. The monoisotopic (exact) mass is 253 g/mol. The van der Waals surface area contributed by atoms with Gasteiger partial charge in [0.25, 0.3) is 0 Å². The van der Waals surface area contributed by atoms with Crippen molar-refractivity contribution >= 4 is 28.9 Å². The Morgan fingerprint density at radius 1 is 1.41 bits per heavy atom. The Kier molecular flexibility index (Phi) is 3.95. The first-order chi connectivity index (χ1) is 7.82. The summed E-state index contributed by atoms with van der Waals surface area (Å²) in [6.45, 7) is 3.66. The van der Waals surface area contributed by atoms with E-state index in [0.29, 0.717) is 11.5 Å². The van der Waals surface area contributed by atoms with Gasteiger partial charge in [0.1, 0.15) is 10.7 Å². The number of nitrogens with zero attached hydrogens (tertiary/aromatic N) is 2. The van der Waals surface area contributed by atoms with E-state index in [2.05, 4.69) is 15.3 Å². The van der Waals surface area contributed by atoms with Crippen molar-refractivity contribution in [2.24, 2.45) is 11.5 Å². The maximum Gasteiger partial charge on any atom is 0.219 e. The molecule has 1 heterocycles. The predicted octanol–water partition coefficient (Wildman–Crippen LogP) is 0.177. The molecule has 1 aromatic rings. The summed E-state index contributed by atoms with van der Waals surface area (Å²) in [5.41, 5.74) is 10.6. The van der Waals surface area contributed by atoms with E-state index in [4.69, 9.17) is 23.7 Å². The predicted molar refractivity (Wildman–Crippen MR) is 69.4 cm³/mol. The third-order valence-electron chi connectivity index (χ3n) is 2.00. The lowest BCUT2D eigenvalue weighted by Gasteiger charge is -2.26. The summed E-state index contributed by atoms with van der Waals surface area (Å²) in [5.74, 6) is 0.0505. The van der Waals surface area contributed by atoms with Crippen LogP contribution < -0.4 is 16.8 Å². The van der Waals surface area contributed by atoms with E-state index in [9.17, 15) is 4.79 Å². The van der Waals surface area contributed by atoms with E-state index in [1.165, 1.54) is 12.4 Å². The van der Waals surface area contributed by atoms with Crippen LogP contribution in [0.2, 0.25) is 0 Å². The van der Waals surface area contributed by atoms with Gasteiger partial charge in [-0.25, -0.2) is 9.97 Å². The van der Waals surface area contributed by atoms with Crippen molar-refractivity contribution in [1.29, 1.82) is 0 Å². The van der Waals surface area contributed by atoms with Gasteiger partial charge in [-0.05, 0) is 13.8 Å². The van der Waals surface area contributed by atoms with E-state index < -0.39 is 11.4 Å². The molecule has 1 rings (SSSR count). The molecule has 92 valence electrons. The lowest BCUT2D eigenvalue weighted by Crippen LogP contribution is -2.37. The van der Waals surface area contributed by atoms with Gasteiger partial charge in [-0.1, -0.05) is 12.2 Å². The van der Waals surface area contributed by atoms with Crippen molar-refractivity contribution in [3.05, 3.63) is 18.1 Å². The fourth-order valence-corrected chi connectivity index (χ4v) is 1.56. The smallest absolute Gasteiger partial charge is 0.219 e. The molecule has 7 heteroatoms. The molecule has 5 N–H and O–H groups in total. The second-order valence-electron chi connectivity index (χ2n) is 4.27. The largest absolute Gasteiger partial charge is 0.388 e. The third-order valence-corrected chi connectivity index (χ3v) is 2.20. The highest BCUT2D eigenvalue weighted by Crippen LogP contribution is 2.18. The Balaban J connectivity index is 2.95. The van der Waals surface area contributed by atoms with Gasteiger partial charge in [0, 0.05) is 24.4 Å². The highest BCUT2D eigenvalue weighted by Gasteiger charge is 2.22. The summed E-state index contributed by atoms with van der Waals surface area (Å²) in [6.07, 6.45) is 3.19. The zero-order valence-electron chi connectivity index (χ0n) is 9.73. The summed E-state index contributed by atoms with van der Waals surface area (Å²) in [6, 6.07) is 0. The molecule has 6 nitrogen and oxygen atoms in total. The number of nitrogens with two attached hydrogens (primary N) is 2. The van der Waals surface area contributed by atoms with E-state index >= 15 is 0 Å². The van der Waals surface area contributed by atoms with Gasteiger partial charge in [0.2, 0.25) is 5.91 Å². The van der Waals surface area contributed by atoms with Crippen LogP contribution in [-0.4, -0.2) is 26.4 Å². The molecule has 0 radical (unpaired) electrons. The molecule has 0 saturated carbocycles. The highest BCUT2D eigenvalue weighted by molar-refractivity contribution is 7.80. The maximum atomic E-state index is 10.9. The van der Waals surface area contributed by atoms with Crippen LogP contribution in [0.15, 0.2) is 12.4 Å². The lowest BCUT2D eigenvalue weighted by molar-refractivity contribution is -0.118. The van der Waals surface area contributed by atoms with Gasteiger partial charge in [-0.2, -0.15) is 0 Å². The van der Waals surface area contributed by atoms with Crippen molar-refractivity contribution < 1.29 is 4.79 Å². The molecular formula is C10H15N5OS. The SMILES string of the molecule is CC(C)(CC(N)=O)Nc1nccnc1C(N)=S. The molecule has 1 amide bonds. The highest BCUT2D eigenvalue weighted by atomic mass is 32.1. The number of thiocarbonyl (C=S) groups is 1. The molecule has 0 aliphatic heterocycles. The molecule has 0 aliphatic rings. The van der Waals surface area contributed by atoms with Gasteiger partial charge in [0.05, 0.1) is 0 Å².